The van der Waals surface area contributed by atoms with Crippen molar-refractivity contribution >= 4 is 5.96 Å². The number of aromatic nitrogens is 2. The van der Waals surface area contributed by atoms with Gasteiger partial charge in [-0.3, -0.25) is 9.67 Å². The Morgan fingerprint density at radius 3 is 2.95 bits per heavy atom. The van der Waals surface area contributed by atoms with Crippen molar-refractivity contribution in [1.29, 1.82) is 0 Å². The number of rotatable bonds is 8. The second-order valence-corrected chi connectivity index (χ2v) is 4.56. The molecule has 0 aliphatic heterocycles. The van der Waals surface area contributed by atoms with Crippen molar-refractivity contribution < 1.29 is 5.11 Å². The molecule has 0 saturated heterocycles. The first-order valence-electron chi connectivity index (χ1n) is 6.86. The summed E-state index contributed by atoms with van der Waals surface area (Å²) < 4.78 is 1.92. The minimum absolute atomic E-state index is 0.169. The lowest BCUT2D eigenvalue weighted by Crippen LogP contribution is -2.38. The Labute approximate surface area is 114 Å². The number of aryl methyl sites for hydroxylation is 1. The number of aliphatic imine (C=N–C) groups is 1. The predicted molar refractivity (Wildman–Crippen MR) is 77.1 cm³/mol. The largest absolute Gasteiger partial charge is 0.396 e. The summed E-state index contributed by atoms with van der Waals surface area (Å²) in [5, 5.41) is 19.6. The molecule has 0 aliphatic carbocycles. The fourth-order valence-corrected chi connectivity index (χ4v) is 1.53. The van der Waals surface area contributed by atoms with Crippen LogP contribution in [0.15, 0.2) is 23.5 Å². The highest BCUT2D eigenvalue weighted by Crippen LogP contribution is 1.93. The van der Waals surface area contributed by atoms with Crippen molar-refractivity contribution in [3.63, 3.8) is 0 Å². The second-order valence-electron chi connectivity index (χ2n) is 4.56. The summed E-state index contributed by atoms with van der Waals surface area (Å²) in [6, 6.07) is 1.93. The Balaban J connectivity index is 2.24. The molecule has 1 atom stereocenters. The van der Waals surface area contributed by atoms with E-state index in [-0.39, 0.29) is 12.5 Å². The minimum atomic E-state index is 0.169. The van der Waals surface area contributed by atoms with Gasteiger partial charge in [-0.15, -0.1) is 0 Å². The molecule has 0 aliphatic rings. The monoisotopic (exact) mass is 267 g/mol. The van der Waals surface area contributed by atoms with Crippen LogP contribution in [0.5, 0.6) is 0 Å². The first-order valence-corrected chi connectivity index (χ1v) is 6.86. The summed E-state index contributed by atoms with van der Waals surface area (Å²) in [5.74, 6) is 1.00. The van der Waals surface area contributed by atoms with Crippen molar-refractivity contribution in [2.24, 2.45) is 10.9 Å². The highest BCUT2D eigenvalue weighted by atomic mass is 16.3. The molecule has 1 rings (SSSR count). The maximum absolute atomic E-state index is 8.98. The molecule has 3 N–H and O–H groups in total. The summed E-state index contributed by atoms with van der Waals surface area (Å²) in [6.45, 7) is 7.39. The average Bonchev–Trinajstić information content (AvgIpc) is 2.93. The van der Waals surface area contributed by atoms with Crippen molar-refractivity contribution in [3.8, 4) is 0 Å². The van der Waals surface area contributed by atoms with Gasteiger partial charge in [-0.2, -0.15) is 5.10 Å². The maximum Gasteiger partial charge on any atom is 0.191 e. The molecule has 19 heavy (non-hydrogen) atoms. The van der Waals surface area contributed by atoms with E-state index in [2.05, 4.69) is 20.7 Å². The van der Waals surface area contributed by atoms with Gasteiger partial charge in [0.15, 0.2) is 5.96 Å². The molecule has 0 aromatic carbocycles. The van der Waals surface area contributed by atoms with E-state index in [9.17, 15) is 0 Å². The number of hydrogen-bond acceptors (Lipinski definition) is 3. The number of hydrogen-bond donors (Lipinski definition) is 3. The van der Waals surface area contributed by atoms with Crippen molar-refractivity contribution in [2.45, 2.75) is 26.8 Å². The molecule has 0 spiro atoms. The zero-order chi connectivity index (χ0) is 13.9. The van der Waals surface area contributed by atoms with Crippen LogP contribution in [0.3, 0.4) is 0 Å². The Kier molecular flexibility index (Phi) is 7.65. The Morgan fingerprint density at radius 1 is 1.47 bits per heavy atom. The summed E-state index contributed by atoms with van der Waals surface area (Å²) in [6.07, 6.45) is 4.74. The van der Waals surface area contributed by atoms with Gasteiger partial charge in [-0.25, -0.2) is 0 Å². The molecule has 0 fully saturated rings. The lowest BCUT2D eigenvalue weighted by Gasteiger charge is -2.12. The molecular formula is C13H25N5O. The predicted octanol–water partition coefficient (Wildman–Crippen LogP) is 0.457. The lowest BCUT2D eigenvalue weighted by atomic mass is 10.2. The van der Waals surface area contributed by atoms with Crippen LogP contribution >= 0.6 is 0 Å². The molecule has 1 heterocycles. The zero-order valence-electron chi connectivity index (χ0n) is 11.8. The van der Waals surface area contributed by atoms with Gasteiger partial charge >= 0.3 is 0 Å². The van der Waals surface area contributed by atoms with Gasteiger partial charge in [-0.1, -0.05) is 6.92 Å². The molecule has 1 unspecified atom stereocenters. The number of nitrogens with one attached hydrogen (secondary N) is 2. The van der Waals surface area contributed by atoms with E-state index in [1.165, 1.54) is 0 Å². The third kappa shape index (κ3) is 6.81. The number of nitrogens with zero attached hydrogens (tertiary/aromatic N) is 3. The van der Waals surface area contributed by atoms with Crippen LogP contribution in [0.4, 0.5) is 0 Å². The van der Waals surface area contributed by atoms with Crippen LogP contribution in [-0.2, 0) is 6.54 Å². The Morgan fingerprint density at radius 2 is 2.32 bits per heavy atom. The summed E-state index contributed by atoms with van der Waals surface area (Å²) in [7, 11) is 0. The van der Waals surface area contributed by atoms with Gasteiger partial charge in [0.1, 0.15) is 0 Å². The molecule has 1 aromatic heterocycles. The standard InChI is InChI=1S/C13H25N5O/c1-3-14-13(16-10-12(2)11-19)15-6-4-8-18-9-5-7-17-18/h5,7,9,12,19H,3-4,6,8,10-11H2,1-2H3,(H2,14,15,16). The smallest absolute Gasteiger partial charge is 0.191 e. The van der Waals surface area contributed by atoms with Gasteiger partial charge < -0.3 is 15.7 Å². The number of aliphatic hydroxyl groups is 1. The molecule has 0 radical (unpaired) electrons. The van der Waals surface area contributed by atoms with E-state index in [4.69, 9.17) is 5.11 Å². The molecular weight excluding hydrogens is 242 g/mol. The zero-order valence-corrected chi connectivity index (χ0v) is 11.8. The molecule has 6 heteroatoms. The summed E-state index contributed by atoms with van der Waals surface area (Å²) in [4.78, 5) is 4.43. The van der Waals surface area contributed by atoms with Crippen LogP contribution in [0, 0.1) is 5.92 Å². The van der Waals surface area contributed by atoms with Crippen molar-refractivity contribution in [3.05, 3.63) is 18.5 Å². The van der Waals surface area contributed by atoms with E-state index in [0.29, 0.717) is 6.54 Å². The van der Waals surface area contributed by atoms with Crippen LogP contribution in [0.2, 0.25) is 0 Å². The average molecular weight is 267 g/mol. The minimum Gasteiger partial charge on any atom is -0.396 e. The first kappa shape index (κ1) is 15.5. The second kappa shape index (κ2) is 9.38. The molecule has 0 saturated carbocycles. The third-order valence-corrected chi connectivity index (χ3v) is 2.63. The van der Waals surface area contributed by atoms with Gasteiger partial charge in [0, 0.05) is 45.2 Å². The lowest BCUT2D eigenvalue weighted by molar-refractivity contribution is 0.241. The van der Waals surface area contributed by atoms with E-state index in [0.717, 1.165) is 32.0 Å². The normalized spacial score (nSPS) is 13.3. The fourth-order valence-electron chi connectivity index (χ4n) is 1.53. The molecule has 6 nitrogen and oxygen atoms in total. The Bertz CT molecular complexity index is 350. The van der Waals surface area contributed by atoms with Crippen LogP contribution in [0.1, 0.15) is 20.3 Å². The molecule has 0 amide bonds. The number of guanidine groups is 1. The van der Waals surface area contributed by atoms with E-state index >= 15 is 0 Å². The maximum atomic E-state index is 8.98. The quantitative estimate of drug-likeness (QED) is 0.363. The topological polar surface area (TPSA) is 74.5 Å². The van der Waals surface area contributed by atoms with Crippen molar-refractivity contribution in [1.82, 2.24) is 20.4 Å². The first-order chi connectivity index (χ1) is 9.26. The van der Waals surface area contributed by atoms with E-state index in [1.54, 1.807) is 6.20 Å². The fraction of sp³-hybridized carbons (Fsp3) is 0.692. The SMILES string of the molecule is CCNC(=NCC(C)CO)NCCCn1cccn1. The van der Waals surface area contributed by atoms with E-state index in [1.807, 2.05) is 30.8 Å². The highest BCUT2D eigenvalue weighted by Gasteiger charge is 2.00. The van der Waals surface area contributed by atoms with Crippen LogP contribution in [0.25, 0.3) is 0 Å². The van der Waals surface area contributed by atoms with Gasteiger partial charge in [0.25, 0.3) is 0 Å². The molecule has 0 bridgehead atoms. The van der Waals surface area contributed by atoms with Crippen LogP contribution in [-0.4, -0.2) is 47.1 Å². The van der Waals surface area contributed by atoms with Gasteiger partial charge in [0.2, 0.25) is 0 Å². The summed E-state index contributed by atoms with van der Waals surface area (Å²) in [5.41, 5.74) is 0. The third-order valence-electron chi connectivity index (χ3n) is 2.63. The van der Waals surface area contributed by atoms with Crippen molar-refractivity contribution in [2.75, 3.05) is 26.2 Å². The van der Waals surface area contributed by atoms with Crippen LogP contribution < -0.4 is 10.6 Å². The van der Waals surface area contributed by atoms with Gasteiger partial charge in [-0.05, 0) is 25.3 Å². The highest BCUT2D eigenvalue weighted by molar-refractivity contribution is 5.79. The number of aliphatic hydroxyl groups excluding tert-OH is 1. The van der Waals surface area contributed by atoms with E-state index < -0.39 is 0 Å². The molecule has 1 aromatic rings. The molecule has 108 valence electrons. The summed E-state index contributed by atoms with van der Waals surface area (Å²) >= 11 is 0. The Hall–Kier alpha value is -1.56. The van der Waals surface area contributed by atoms with Gasteiger partial charge in [0.05, 0.1) is 0 Å².